The van der Waals surface area contributed by atoms with Gasteiger partial charge in [-0.15, -0.1) is 10.2 Å². The molecule has 3 aromatic carbocycles. The number of carbonyl (C=O) groups excluding carboxylic acids is 2. The van der Waals surface area contributed by atoms with E-state index in [1.54, 1.807) is 54.0 Å². The van der Waals surface area contributed by atoms with E-state index < -0.39 is 10.8 Å². The SMILES string of the molecule is CCOc1ccc(NC(=O)CSc2nnc(CNC(=O)c3ccc(C)c([N+](=O)[O-])c3)n2-c2ccc(Cl)c(Cl)c2)cc1. The molecule has 4 aromatic rings. The maximum absolute atomic E-state index is 12.8. The molecule has 212 valence electrons. The molecule has 0 aliphatic heterocycles. The van der Waals surface area contributed by atoms with Crippen LogP contribution in [0.4, 0.5) is 11.4 Å². The molecule has 14 heteroatoms. The van der Waals surface area contributed by atoms with Gasteiger partial charge >= 0.3 is 0 Å². The number of nitro groups is 1. The number of aryl methyl sites for hydroxylation is 1. The van der Waals surface area contributed by atoms with Gasteiger partial charge in [-0.25, -0.2) is 0 Å². The Balaban J connectivity index is 1.51. The van der Waals surface area contributed by atoms with Gasteiger partial charge in [-0.2, -0.15) is 0 Å². The Labute approximate surface area is 249 Å². The number of nitrogens with one attached hydrogen (secondary N) is 2. The molecule has 41 heavy (non-hydrogen) atoms. The molecule has 0 fully saturated rings. The van der Waals surface area contributed by atoms with Gasteiger partial charge < -0.3 is 15.4 Å². The summed E-state index contributed by atoms with van der Waals surface area (Å²) in [6.45, 7) is 3.97. The fraction of sp³-hybridized carbons (Fsp3) is 0.185. The van der Waals surface area contributed by atoms with E-state index in [9.17, 15) is 19.7 Å². The normalized spacial score (nSPS) is 10.7. The average Bonchev–Trinajstić information content (AvgIpc) is 3.36. The van der Waals surface area contributed by atoms with Crippen molar-refractivity contribution in [2.24, 2.45) is 0 Å². The number of thioether (sulfide) groups is 1. The fourth-order valence-electron chi connectivity index (χ4n) is 3.73. The molecule has 4 rings (SSSR count). The highest BCUT2D eigenvalue weighted by atomic mass is 35.5. The molecular weight excluding hydrogens is 591 g/mol. The molecule has 0 spiro atoms. The van der Waals surface area contributed by atoms with E-state index >= 15 is 0 Å². The molecule has 0 saturated heterocycles. The van der Waals surface area contributed by atoms with Gasteiger partial charge in [0.05, 0.1) is 39.6 Å². The quantitative estimate of drug-likeness (QED) is 0.122. The van der Waals surface area contributed by atoms with Gasteiger partial charge in [0.25, 0.3) is 11.6 Å². The third kappa shape index (κ3) is 7.54. The first-order valence-electron chi connectivity index (χ1n) is 12.2. The number of nitro benzene ring substituents is 1. The second-order valence-electron chi connectivity index (χ2n) is 8.57. The van der Waals surface area contributed by atoms with E-state index in [0.29, 0.717) is 50.3 Å². The second kappa shape index (κ2) is 13.5. The first-order valence-corrected chi connectivity index (χ1v) is 14.0. The van der Waals surface area contributed by atoms with Crippen LogP contribution >= 0.6 is 35.0 Å². The van der Waals surface area contributed by atoms with Gasteiger partial charge in [0, 0.05) is 22.9 Å². The number of benzene rings is 3. The molecule has 0 atom stereocenters. The summed E-state index contributed by atoms with van der Waals surface area (Å²) in [5, 5.41) is 26.3. The highest BCUT2D eigenvalue weighted by molar-refractivity contribution is 7.99. The lowest BCUT2D eigenvalue weighted by Gasteiger charge is -2.12. The number of nitrogens with zero attached hydrogens (tertiary/aromatic N) is 4. The van der Waals surface area contributed by atoms with Crippen molar-refractivity contribution in [3.63, 3.8) is 0 Å². The zero-order chi connectivity index (χ0) is 29.5. The van der Waals surface area contributed by atoms with Crippen LogP contribution in [0.2, 0.25) is 10.0 Å². The predicted molar refractivity (Wildman–Crippen MR) is 157 cm³/mol. The molecule has 0 unspecified atom stereocenters. The number of rotatable bonds is 11. The van der Waals surface area contributed by atoms with Crippen LogP contribution in [0.1, 0.15) is 28.7 Å². The Morgan fingerprint density at radius 2 is 1.80 bits per heavy atom. The number of aromatic nitrogens is 3. The zero-order valence-electron chi connectivity index (χ0n) is 21.9. The van der Waals surface area contributed by atoms with Crippen molar-refractivity contribution < 1.29 is 19.2 Å². The van der Waals surface area contributed by atoms with Crippen molar-refractivity contribution >= 4 is 58.2 Å². The van der Waals surface area contributed by atoms with Crippen molar-refractivity contribution in [2.45, 2.75) is 25.5 Å². The first kappa shape index (κ1) is 29.8. The molecule has 1 heterocycles. The van der Waals surface area contributed by atoms with E-state index in [1.165, 1.54) is 18.2 Å². The van der Waals surface area contributed by atoms with Gasteiger partial charge in [-0.05, 0) is 62.4 Å². The molecule has 0 radical (unpaired) electrons. The molecule has 0 aliphatic rings. The van der Waals surface area contributed by atoms with Crippen LogP contribution in [0, 0.1) is 17.0 Å². The lowest BCUT2D eigenvalue weighted by atomic mass is 10.1. The lowest BCUT2D eigenvalue weighted by Crippen LogP contribution is -2.25. The third-order valence-corrected chi connectivity index (χ3v) is 7.39. The van der Waals surface area contributed by atoms with Crippen LogP contribution in [0.5, 0.6) is 5.75 Å². The molecule has 2 amide bonds. The van der Waals surface area contributed by atoms with Crippen molar-refractivity contribution in [2.75, 3.05) is 17.7 Å². The summed E-state index contributed by atoms with van der Waals surface area (Å²) in [6.07, 6.45) is 0. The Hall–Kier alpha value is -4.13. The van der Waals surface area contributed by atoms with Crippen molar-refractivity contribution in [1.82, 2.24) is 20.1 Å². The summed E-state index contributed by atoms with van der Waals surface area (Å²) < 4.78 is 7.07. The second-order valence-corrected chi connectivity index (χ2v) is 10.3. The Morgan fingerprint density at radius 3 is 2.49 bits per heavy atom. The van der Waals surface area contributed by atoms with E-state index in [1.807, 2.05) is 6.92 Å². The summed E-state index contributed by atoms with van der Waals surface area (Å²) in [4.78, 5) is 36.2. The predicted octanol–water partition coefficient (Wildman–Crippen LogP) is 5.85. The van der Waals surface area contributed by atoms with E-state index in [0.717, 1.165) is 11.8 Å². The molecular formula is C27H24Cl2N6O5S. The molecule has 1 aromatic heterocycles. The average molecular weight is 615 g/mol. The van der Waals surface area contributed by atoms with Gasteiger partial charge in [-0.3, -0.25) is 24.3 Å². The van der Waals surface area contributed by atoms with Gasteiger partial charge in [0.2, 0.25) is 5.91 Å². The van der Waals surface area contributed by atoms with Gasteiger partial charge in [0.1, 0.15) is 5.75 Å². The number of hydrogen-bond acceptors (Lipinski definition) is 8. The van der Waals surface area contributed by atoms with Crippen molar-refractivity contribution in [3.8, 4) is 11.4 Å². The van der Waals surface area contributed by atoms with Crippen LogP contribution in [0.15, 0.2) is 65.8 Å². The Kier molecular flexibility index (Phi) is 9.82. The van der Waals surface area contributed by atoms with Gasteiger partial charge in [-0.1, -0.05) is 41.0 Å². The smallest absolute Gasteiger partial charge is 0.273 e. The standard InChI is InChI=1S/C27H24Cl2N6O5S/c1-3-40-20-9-6-18(7-10-20)31-25(36)15-41-27-33-32-24(34(27)19-8-11-21(28)22(29)13-19)14-30-26(37)17-5-4-16(2)23(12-17)35(38)39/h4-13H,3,14-15H2,1-2H3,(H,30,37)(H,31,36). The molecule has 0 aliphatic carbocycles. The topological polar surface area (TPSA) is 141 Å². The fourth-order valence-corrected chi connectivity index (χ4v) is 4.79. The number of ether oxygens (including phenoxy) is 1. The monoisotopic (exact) mass is 614 g/mol. The minimum atomic E-state index is -0.539. The number of amides is 2. The lowest BCUT2D eigenvalue weighted by molar-refractivity contribution is -0.385. The maximum Gasteiger partial charge on any atom is 0.273 e. The summed E-state index contributed by atoms with van der Waals surface area (Å²) in [6, 6.07) is 16.2. The number of carbonyl (C=O) groups is 2. The van der Waals surface area contributed by atoms with Crippen LogP contribution in [-0.4, -0.2) is 43.9 Å². The summed E-state index contributed by atoms with van der Waals surface area (Å²) in [5.74, 6) is 0.272. The third-order valence-electron chi connectivity index (χ3n) is 5.72. The summed E-state index contributed by atoms with van der Waals surface area (Å²) in [7, 11) is 0. The Bertz CT molecular complexity index is 1600. The van der Waals surface area contributed by atoms with Crippen LogP contribution in [-0.2, 0) is 11.3 Å². The van der Waals surface area contributed by atoms with Crippen LogP contribution in [0.25, 0.3) is 5.69 Å². The summed E-state index contributed by atoms with van der Waals surface area (Å²) in [5.41, 5.74) is 1.60. The van der Waals surface area contributed by atoms with E-state index in [2.05, 4.69) is 20.8 Å². The Morgan fingerprint density at radius 1 is 1.05 bits per heavy atom. The van der Waals surface area contributed by atoms with Gasteiger partial charge in [0.15, 0.2) is 11.0 Å². The molecule has 11 nitrogen and oxygen atoms in total. The number of halogens is 2. The van der Waals surface area contributed by atoms with Crippen molar-refractivity contribution in [1.29, 1.82) is 0 Å². The zero-order valence-corrected chi connectivity index (χ0v) is 24.2. The highest BCUT2D eigenvalue weighted by Crippen LogP contribution is 2.28. The molecule has 2 N–H and O–H groups in total. The van der Waals surface area contributed by atoms with Crippen molar-refractivity contribution in [3.05, 3.63) is 97.8 Å². The van der Waals surface area contributed by atoms with Crippen LogP contribution < -0.4 is 15.4 Å². The minimum absolute atomic E-state index is 0.0199. The molecule has 0 saturated carbocycles. The minimum Gasteiger partial charge on any atom is -0.494 e. The first-order chi connectivity index (χ1) is 19.7. The largest absolute Gasteiger partial charge is 0.494 e. The molecule has 0 bridgehead atoms. The maximum atomic E-state index is 12.8. The van der Waals surface area contributed by atoms with Crippen LogP contribution in [0.3, 0.4) is 0 Å². The van der Waals surface area contributed by atoms with E-state index in [-0.39, 0.29) is 29.5 Å². The number of anilines is 1. The summed E-state index contributed by atoms with van der Waals surface area (Å²) >= 11 is 13.5. The van der Waals surface area contributed by atoms with E-state index in [4.69, 9.17) is 27.9 Å². The highest BCUT2D eigenvalue weighted by Gasteiger charge is 2.19. The number of hydrogen-bond donors (Lipinski definition) is 2.